The maximum Gasteiger partial charge on any atom is 0.338 e. The van der Waals surface area contributed by atoms with Crippen LogP contribution in [0.25, 0.3) is 5.65 Å². The lowest BCUT2D eigenvalue weighted by Crippen LogP contribution is -2.37. The second kappa shape index (κ2) is 7.22. The molecule has 11 heteroatoms. The number of pyridine rings is 1. The van der Waals surface area contributed by atoms with Gasteiger partial charge in [0.1, 0.15) is 6.33 Å². The second-order valence-electron chi connectivity index (χ2n) is 6.66. The Hall–Kier alpha value is -2.37. The van der Waals surface area contributed by atoms with Gasteiger partial charge >= 0.3 is 5.97 Å². The summed E-state index contributed by atoms with van der Waals surface area (Å²) >= 11 is 1.000. The molecule has 0 amide bonds. The van der Waals surface area contributed by atoms with Gasteiger partial charge in [-0.3, -0.25) is 0 Å². The van der Waals surface area contributed by atoms with Gasteiger partial charge in [-0.05, 0) is 54.9 Å². The average Bonchev–Trinajstić information content (AvgIpc) is 3.35. The summed E-state index contributed by atoms with van der Waals surface area (Å²) < 4.78 is 38.0. The standard InChI is InChI=1S/C17H19N5O4S2/c1-11-7-16(27-20-11)28(24,25)21-5-3-12(4-6-21)14-9-22-15(18-10-19-22)8-13(14)17(23)26-2/h7-10,12H,3-6H2,1-2H3. The smallest absolute Gasteiger partial charge is 0.338 e. The first-order valence-electron chi connectivity index (χ1n) is 8.75. The van der Waals surface area contributed by atoms with Crippen molar-refractivity contribution >= 4 is 33.2 Å². The van der Waals surface area contributed by atoms with Crippen molar-refractivity contribution in [2.75, 3.05) is 20.2 Å². The molecule has 4 rings (SSSR count). The summed E-state index contributed by atoms with van der Waals surface area (Å²) in [4.78, 5) is 16.4. The third-order valence-corrected chi connectivity index (χ3v) is 8.15. The lowest BCUT2D eigenvalue weighted by Gasteiger charge is -2.31. The van der Waals surface area contributed by atoms with E-state index in [0.29, 0.717) is 42.8 Å². The summed E-state index contributed by atoms with van der Waals surface area (Å²) in [6.07, 6.45) is 4.41. The molecule has 3 aromatic heterocycles. The Kier molecular flexibility index (Phi) is 4.89. The highest BCUT2D eigenvalue weighted by atomic mass is 32.2. The predicted octanol–water partition coefficient (Wildman–Crippen LogP) is 1.85. The van der Waals surface area contributed by atoms with Gasteiger partial charge in [0.25, 0.3) is 10.0 Å². The zero-order valence-corrected chi connectivity index (χ0v) is 17.0. The highest BCUT2D eigenvalue weighted by molar-refractivity contribution is 7.91. The Balaban J connectivity index is 1.59. The summed E-state index contributed by atoms with van der Waals surface area (Å²) in [6.45, 7) is 2.52. The van der Waals surface area contributed by atoms with Crippen molar-refractivity contribution in [2.24, 2.45) is 0 Å². The van der Waals surface area contributed by atoms with Gasteiger partial charge in [-0.1, -0.05) is 0 Å². The van der Waals surface area contributed by atoms with E-state index >= 15 is 0 Å². The maximum absolute atomic E-state index is 12.8. The van der Waals surface area contributed by atoms with Gasteiger partial charge in [0.2, 0.25) is 0 Å². The number of rotatable bonds is 4. The van der Waals surface area contributed by atoms with E-state index in [4.69, 9.17) is 4.74 Å². The zero-order valence-electron chi connectivity index (χ0n) is 15.4. The van der Waals surface area contributed by atoms with E-state index in [0.717, 1.165) is 17.1 Å². The van der Waals surface area contributed by atoms with Crippen LogP contribution >= 0.6 is 11.5 Å². The van der Waals surface area contributed by atoms with E-state index < -0.39 is 16.0 Å². The van der Waals surface area contributed by atoms with Gasteiger partial charge in [-0.25, -0.2) is 22.7 Å². The molecule has 1 saturated heterocycles. The minimum atomic E-state index is -3.53. The van der Waals surface area contributed by atoms with Crippen LogP contribution in [0.2, 0.25) is 0 Å². The number of fused-ring (bicyclic) bond motifs is 1. The van der Waals surface area contributed by atoms with Crippen LogP contribution in [0, 0.1) is 6.92 Å². The Morgan fingerprint density at radius 2 is 2.04 bits per heavy atom. The molecule has 9 nitrogen and oxygen atoms in total. The maximum atomic E-state index is 12.8. The first-order valence-corrected chi connectivity index (χ1v) is 11.0. The molecule has 0 spiro atoms. The average molecular weight is 422 g/mol. The first-order chi connectivity index (χ1) is 13.4. The molecule has 0 radical (unpaired) electrons. The number of hydrogen-bond donors (Lipinski definition) is 0. The molecule has 1 fully saturated rings. The summed E-state index contributed by atoms with van der Waals surface area (Å²) in [5.41, 5.74) is 2.50. The van der Waals surface area contributed by atoms with Crippen LogP contribution < -0.4 is 0 Å². The van der Waals surface area contributed by atoms with E-state index in [9.17, 15) is 13.2 Å². The van der Waals surface area contributed by atoms with Gasteiger partial charge < -0.3 is 4.74 Å². The van der Waals surface area contributed by atoms with Crippen molar-refractivity contribution in [3.63, 3.8) is 0 Å². The van der Waals surface area contributed by atoms with Crippen LogP contribution in [0.15, 0.2) is 28.9 Å². The van der Waals surface area contributed by atoms with Gasteiger partial charge in [0.05, 0.1) is 18.4 Å². The summed E-state index contributed by atoms with van der Waals surface area (Å²) in [5.74, 6) is -0.409. The summed E-state index contributed by atoms with van der Waals surface area (Å²) in [7, 11) is -2.19. The molecular formula is C17H19N5O4S2. The Morgan fingerprint density at radius 1 is 1.29 bits per heavy atom. The molecule has 0 aromatic carbocycles. The summed E-state index contributed by atoms with van der Waals surface area (Å²) in [5, 5.41) is 4.14. The zero-order chi connectivity index (χ0) is 19.9. The number of carbonyl (C=O) groups is 1. The van der Waals surface area contributed by atoms with Crippen LogP contribution in [0.1, 0.15) is 40.4 Å². The van der Waals surface area contributed by atoms with Crippen molar-refractivity contribution in [1.82, 2.24) is 23.3 Å². The minimum absolute atomic E-state index is 0.0253. The van der Waals surface area contributed by atoms with Crippen LogP contribution in [-0.4, -0.2) is 57.9 Å². The molecule has 28 heavy (non-hydrogen) atoms. The molecule has 4 heterocycles. The monoisotopic (exact) mass is 421 g/mol. The first kappa shape index (κ1) is 19.0. The third kappa shape index (κ3) is 3.29. The normalized spacial score (nSPS) is 16.5. The van der Waals surface area contributed by atoms with E-state index in [1.165, 1.54) is 17.7 Å². The third-order valence-electron chi connectivity index (χ3n) is 4.95. The van der Waals surface area contributed by atoms with Crippen LogP contribution in [-0.2, 0) is 14.8 Å². The quantitative estimate of drug-likeness (QED) is 0.592. The Bertz CT molecular complexity index is 1130. The minimum Gasteiger partial charge on any atom is -0.465 e. The molecular weight excluding hydrogens is 402 g/mol. The predicted molar refractivity (Wildman–Crippen MR) is 102 cm³/mol. The number of carbonyl (C=O) groups excluding carboxylic acids is 1. The number of nitrogens with zero attached hydrogens (tertiary/aromatic N) is 5. The van der Waals surface area contributed by atoms with Crippen LogP contribution in [0.4, 0.5) is 0 Å². The van der Waals surface area contributed by atoms with Gasteiger partial charge in [0.15, 0.2) is 9.86 Å². The second-order valence-corrected chi connectivity index (χ2v) is 9.63. The van der Waals surface area contributed by atoms with E-state index in [1.807, 2.05) is 0 Å². The summed E-state index contributed by atoms with van der Waals surface area (Å²) in [6, 6.07) is 3.26. The molecule has 148 valence electrons. The molecule has 0 atom stereocenters. The van der Waals surface area contributed by atoms with E-state index in [1.54, 1.807) is 29.8 Å². The Labute approximate surface area is 166 Å². The number of methoxy groups -OCH3 is 1. The number of ether oxygens (including phenoxy) is 1. The number of piperidine rings is 1. The van der Waals surface area contributed by atoms with E-state index in [-0.39, 0.29) is 10.1 Å². The topological polar surface area (TPSA) is 107 Å². The van der Waals surface area contributed by atoms with Crippen molar-refractivity contribution in [1.29, 1.82) is 0 Å². The lowest BCUT2D eigenvalue weighted by atomic mass is 9.88. The molecule has 1 aliphatic heterocycles. The fourth-order valence-electron chi connectivity index (χ4n) is 3.48. The SMILES string of the molecule is COC(=O)c1cc2ncnn2cc1C1CCN(S(=O)(=O)c2cc(C)ns2)CC1. The van der Waals surface area contributed by atoms with Crippen LogP contribution in [0.3, 0.4) is 0 Å². The lowest BCUT2D eigenvalue weighted by molar-refractivity contribution is 0.0598. The van der Waals surface area contributed by atoms with Crippen LogP contribution in [0.5, 0.6) is 0 Å². The molecule has 1 aliphatic rings. The molecule has 0 aliphatic carbocycles. The fourth-order valence-corrected chi connectivity index (χ4v) is 6.06. The van der Waals surface area contributed by atoms with Gasteiger partial charge in [-0.15, -0.1) is 0 Å². The van der Waals surface area contributed by atoms with E-state index in [2.05, 4.69) is 14.5 Å². The van der Waals surface area contributed by atoms with Crippen molar-refractivity contribution in [2.45, 2.75) is 29.9 Å². The molecule has 0 unspecified atom stereocenters. The van der Waals surface area contributed by atoms with Crippen molar-refractivity contribution in [3.8, 4) is 0 Å². The number of aryl methyl sites for hydroxylation is 1. The highest BCUT2D eigenvalue weighted by Crippen LogP contribution is 2.33. The number of aromatic nitrogens is 4. The number of hydrogen-bond acceptors (Lipinski definition) is 8. The molecule has 0 saturated carbocycles. The molecule has 0 N–H and O–H groups in total. The molecule has 0 bridgehead atoms. The number of sulfonamides is 1. The molecule has 3 aromatic rings. The largest absolute Gasteiger partial charge is 0.465 e. The van der Waals surface area contributed by atoms with Gasteiger partial charge in [0, 0.05) is 19.3 Å². The highest BCUT2D eigenvalue weighted by Gasteiger charge is 2.33. The number of esters is 1. The Morgan fingerprint density at radius 3 is 2.68 bits per heavy atom. The van der Waals surface area contributed by atoms with Crippen molar-refractivity contribution < 1.29 is 17.9 Å². The fraction of sp³-hybridized carbons (Fsp3) is 0.412. The van der Waals surface area contributed by atoms with Gasteiger partial charge in [-0.2, -0.15) is 13.8 Å². The van der Waals surface area contributed by atoms with Crippen molar-refractivity contribution in [3.05, 3.63) is 41.5 Å².